The molecule has 1 unspecified atom stereocenters. The first-order chi connectivity index (χ1) is 8.61. The van der Waals surface area contributed by atoms with Crippen LogP contribution in [0.25, 0.3) is 0 Å². The Morgan fingerprint density at radius 3 is 2.83 bits per heavy atom. The fraction of sp³-hybridized carbons (Fsp3) is 0.231. The predicted molar refractivity (Wildman–Crippen MR) is 76.4 cm³/mol. The lowest BCUT2D eigenvalue weighted by Gasteiger charge is -2.17. The molecule has 2 aromatic rings. The molecule has 0 radical (unpaired) electrons. The average Bonchev–Trinajstić information content (AvgIpc) is 2.81. The Balaban J connectivity index is 2.28. The van der Waals surface area contributed by atoms with Gasteiger partial charge in [-0.15, -0.1) is 0 Å². The SMILES string of the molecule is COc1c(Br)cc(Cl)cc1NC(C)c1ccoc1. The third-order valence-corrected chi connectivity index (χ3v) is 3.43. The van der Waals surface area contributed by atoms with Crippen molar-refractivity contribution in [3.05, 3.63) is 45.8 Å². The Hall–Kier alpha value is -1.13. The van der Waals surface area contributed by atoms with Crippen LogP contribution in [0.5, 0.6) is 5.75 Å². The number of hydrogen-bond acceptors (Lipinski definition) is 3. The van der Waals surface area contributed by atoms with Crippen LogP contribution in [0.1, 0.15) is 18.5 Å². The van der Waals surface area contributed by atoms with E-state index in [0.717, 1.165) is 21.5 Å². The van der Waals surface area contributed by atoms with Crippen molar-refractivity contribution in [2.24, 2.45) is 0 Å². The molecular weight excluding hydrogens is 318 g/mol. The Morgan fingerprint density at radius 2 is 2.22 bits per heavy atom. The molecule has 1 aromatic carbocycles. The van der Waals surface area contributed by atoms with Crippen LogP contribution in [0.3, 0.4) is 0 Å². The number of halogens is 2. The average molecular weight is 331 g/mol. The van der Waals surface area contributed by atoms with Crippen LogP contribution in [0.2, 0.25) is 5.02 Å². The van der Waals surface area contributed by atoms with Crippen molar-refractivity contribution in [2.45, 2.75) is 13.0 Å². The normalized spacial score (nSPS) is 12.2. The van der Waals surface area contributed by atoms with E-state index in [1.54, 1.807) is 25.7 Å². The first kappa shape index (κ1) is 13.3. The van der Waals surface area contributed by atoms with Gasteiger partial charge in [0.1, 0.15) is 0 Å². The van der Waals surface area contributed by atoms with Crippen LogP contribution in [0, 0.1) is 0 Å². The second-order valence-corrected chi connectivity index (χ2v) is 5.18. The first-order valence-corrected chi connectivity index (χ1v) is 6.60. The molecule has 1 N–H and O–H groups in total. The summed E-state index contributed by atoms with van der Waals surface area (Å²) in [5.41, 5.74) is 1.90. The largest absolute Gasteiger partial charge is 0.493 e. The molecular formula is C13H13BrClNO2. The molecule has 0 amide bonds. The molecule has 18 heavy (non-hydrogen) atoms. The summed E-state index contributed by atoms with van der Waals surface area (Å²) >= 11 is 9.47. The van der Waals surface area contributed by atoms with Gasteiger partial charge in [-0.3, -0.25) is 0 Å². The summed E-state index contributed by atoms with van der Waals surface area (Å²) in [5, 5.41) is 3.99. The summed E-state index contributed by atoms with van der Waals surface area (Å²) in [4.78, 5) is 0. The van der Waals surface area contributed by atoms with Gasteiger partial charge in [0.15, 0.2) is 5.75 Å². The maximum absolute atomic E-state index is 6.04. The van der Waals surface area contributed by atoms with Gasteiger partial charge in [0.25, 0.3) is 0 Å². The summed E-state index contributed by atoms with van der Waals surface area (Å²) in [6, 6.07) is 5.66. The maximum Gasteiger partial charge on any atom is 0.156 e. The van der Waals surface area contributed by atoms with Crippen molar-refractivity contribution < 1.29 is 9.15 Å². The third-order valence-electron chi connectivity index (χ3n) is 2.63. The number of anilines is 1. The van der Waals surface area contributed by atoms with Crippen LogP contribution < -0.4 is 10.1 Å². The van der Waals surface area contributed by atoms with E-state index in [9.17, 15) is 0 Å². The monoisotopic (exact) mass is 329 g/mol. The van der Waals surface area contributed by atoms with Crippen molar-refractivity contribution in [3.8, 4) is 5.75 Å². The summed E-state index contributed by atoms with van der Waals surface area (Å²) in [7, 11) is 1.63. The second kappa shape index (κ2) is 5.67. The van der Waals surface area contributed by atoms with Crippen LogP contribution in [-0.4, -0.2) is 7.11 Å². The highest BCUT2D eigenvalue weighted by Crippen LogP contribution is 2.37. The number of furan rings is 1. The molecule has 5 heteroatoms. The Morgan fingerprint density at radius 1 is 1.44 bits per heavy atom. The molecule has 1 heterocycles. The van der Waals surface area contributed by atoms with Gasteiger partial charge >= 0.3 is 0 Å². The molecule has 0 aliphatic carbocycles. The van der Waals surface area contributed by atoms with E-state index >= 15 is 0 Å². The van der Waals surface area contributed by atoms with Crippen LogP contribution in [0.4, 0.5) is 5.69 Å². The molecule has 0 bridgehead atoms. The van der Waals surface area contributed by atoms with Gasteiger partial charge in [-0.05, 0) is 41.1 Å². The van der Waals surface area contributed by atoms with Crippen LogP contribution in [0.15, 0.2) is 39.6 Å². The number of methoxy groups -OCH3 is 1. The lowest BCUT2D eigenvalue weighted by molar-refractivity contribution is 0.413. The van der Waals surface area contributed by atoms with Gasteiger partial charge in [0, 0.05) is 10.6 Å². The topological polar surface area (TPSA) is 34.4 Å². The van der Waals surface area contributed by atoms with E-state index in [4.69, 9.17) is 20.8 Å². The van der Waals surface area contributed by atoms with Gasteiger partial charge in [-0.1, -0.05) is 11.6 Å². The van der Waals surface area contributed by atoms with Crippen molar-refractivity contribution in [1.29, 1.82) is 0 Å². The van der Waals surface area contributed by atoms with Crippen molar-refractivity contribution in [2.75, 3.05) is 12.4 Å². The van der Waals surface area contributed by atoms with Gasteiger partial charge in [0.2, 0.25) is 0 Å². The van der Waals surface area contributed by atoms with E-state index in [-0.39, 0.29) is 6.04 Å². The smallest absolute Gasteiger partial charge is 0.156 e. The molecule has 0 fully saturated rings. The lowest BCUT2D eigenvalue weighted by Crippen LogP contribution is -2.07. The van der Waals surface area contributed by atoms with Gasteiger partial charge < -0.3 is 14.5 Å². The molecule has 0 aliphatic rings. The Labute approximate surface area is 119 Å². The van der Waals surface area contributed by atoms with E-state index in [1.165, 1.54) is 0 Å². The van der Waals surface area contributed by atoms with Crippen molar-refractivity contribution in [1.82, 2.24) is 0 Å². The summed E-state index contributed by atoms with van der Waals surface area (Å²) in [6.07, 6.45) is 3.36. The highest BCUT2D eigenvalue weighted by molar-refractivity contribution is 9.10. The van der Waals surface area contributed by atoms with Crippen LogP contribution >= 0.6 is 27.5 Å². The fourth-order valence-electron chi connectivity index (χ4n) is 1.71. The number of nitrogens with one attached hydrogen (secondary N) is 1. The molecule has 0 saturated heterocycles. The van der Waals surface area contributed by atoms with E-state index in [0.29, 0.717) is 5.02 Å². The molecule has 2 rings (SSSR count). The van der Waals surface area contributed by atoms with Crippen LogP contribution in [-0.2, 0) is 0 Å². The molecule has 0 saturated carbocycles. The number of ether oxygens (including phenoxy) is 1. The van der Waals surface area contributed by atoms with E-state index in [2.05, 4.69) is 21.2 Å². The highest BCUT2D eigenvalue weighted by atomic mass is 79.9. The predicted octanol–water partition coefficient (Wildman–Crippen LogP) is 4.88. The fourth-order valence-corrected chi connectivity index (χ4v) is 2.69. The zero-order valence-electron chi connectivity index (χ0n) is 10.0. The van der Waals surface area contributed by atoms with E-state index in [1.807, 2.05) is 19.1 Å². The van der Waals surface area contributed by atoms with Gasteiger partial charge in [-0.25, -0.2) is 0 Å². The zero-order valence-corrected chi connectivity index (χ0v) is 12.4. The molecule has 0 spiro atoms. The second-order valence-electron chi connectivity index (χ2n) is 3.89. The molecule has 1 atom stereocenters. The minimum atomic E-state index is 0.100. The summed E-state index contributed by atoms with van der Waals surface area (Å²) in [5.74, 6) is 0.731. The molecule has 1 aromatic heterocycles. The molecule has 3 nitrogen and oxygen atoms in total. The molecule has 0 aliphatic heterocycles. The zero-order chi connectivity index (χ0) is 13.1. The minimum Gasteiger partial charge on any atom is -0.493 e. The Kier molecular flexibility index (Phi) is 4.19. The third kappa shape index (κ3) is 2.82. The minimum absolute atomic E-state index is 0.100. The number of hydrogen-bond donors (Lipinski definition) is 1. The van der Waals surface area contributed by atoms with Crippen molar-refractivity contribution in [3.63, 3.8) is 0 Å². The van der Waals surface area contributed by atoms with Gasteiger partial charge in [0.05, 0.1) is 35.8 Å². The van der Waals surface area contributed by atoms with Crippen molar-refractivity contribution >= 4 is 33.2 Å². The number of benzene rings is 1. The quantitative estimate of drug-likeness (QED) is 0.868. The number of rotatable bonds is 4. The lowest BCUT2D eigenvalue weighted by atomic mass is 10.1. The first-order valence-electron chi connectivity index (χ1n) is 5.43. The molecule has 96 valence electrons. The summed E-state index contributed by atoms with van der Waals surface area (Å²) < 4.78 is 11.2. The summed E-state index contributed by atoms with van der Waals surface area (Å²) in [6.45, 7) is 2.04. The Bertz CT molecular complexity index is 528. The van der Waals surface area contributed by atoms with E-state index < -0.39 is 0 Å². The van der Waals surface area contributed by atoms with Gasteiger partial charge in [-0.2, -0.15) is 0 Å². The standard InChI is InChI=1S/C13H13BrClNO2/c1-8(9-3-4-18-7-9)16-12-6-10(15)5-11(14)13(12)17-2/h3-8,16H,1-2H3. The highest BCUT2D eigenvalue weighted by Gasteiger charge is 2.13. The maximum atomic E-state index is 6.04.